The third-order valence-electron chi connectivity index (χ3n) is 4.24. The fourth-order valence-corrected chi connectivity index (χ4v) is 3.55. The summed E-state index contributed by atoms with van der Waals surface area (Å²) in [5.74, 6) is 2.91. The monoisotopic (exact) mass is 462 g/mol. The van der Waals surface area contributed by atoms with Gasteiger partial charge in [-0.1, -0.05) is 32.2 Å². The van der Waals surface area contributed by atoms with E-state index in [1.807, 2.05) is 13.0 Å². The van der Waals surface area contributed by atoms with Gasteiger partial charge < -0.3 is 15.3 Å². The van der Waals surface area contributed by atoms with Crippen molar-refractivity contribution < 1.29 is 30.3 Å². The van der Waals surface area contributed by atoms with Gasteiger partial charge in [-0.15, -0.1) is 0 Å². The normalized spacial score (nSPS) is 31.3. The number of hydrogen-bond acceptors (Lipinski definition) is 3. The van der Waals surface area contributed by atoms with E-state index in [1.165, 1.54) is 12.7 Å². The molecule has 0 aliphatic heterocycles. The second-order valence-electron chi connectivity index (χ2n) is 4.98. The van der Waals surface area contributed by atoms with Crippen molar-refractivity contribution in [1.29, 1.82) is 5.41 Å². The van der Waals surface area contributed by atoms with E-state index in [1.54, 1.807) is 0 Å². The molecule has 2 N–H and O–H groups in total. The zero-order valence-corrected chi connectivity index (χ0v) is 14.6. The number of aliphatic hydroxyl groups excluding tert-OH is 1. The van der Waals surface area contributed by atoms with Crippen LogP contribution in [0.15, 0.2) is 48.5 Å². The summed E-state index contributed by atoms with van der Waals surface area (Å²) in [6, 6.07) is 0. The van der Waals surface area contributed by atoms with Gasteiger partial charge in [0.1, 0.15) is 5.76 Å². The van der Waals surface area contributed by atoms with E-state index < -0.39 is 0 Å². The Morgan fingerprint density at radius 1 is 1.38 bits per heavy atom. The van der Waals surface area contributed by atoms with Gasteiger partial charge in [0.25, 0.3) is 0 Å². The van der Waals surface area contributed by atoms with E-state index >= 15 is 0 Å². The predicted molar refractivity (Wildman–Crippen MR) is 83.4 cm³/mol. The summed E-state index contributed by atoms with van der Waals surface area (Å²) in [6.45, 7) is 5.52. The van der Waals surface area contributed by atoms with E-state index in [0.717, 1.165) is 24.2 Å². The summed E-state index contributed by atoms with van der Waals surface area (Å²) in [5, 5.41) is 15.3. The fraction of sp³-hybridized carbons (Fsp3) is 0.471. The first-order valence-corrected chi connectivity index (χ1v) is 6.64. The molecule has 1 radical (unpaired) electrons. The van der Waals surface area contributed by atoms with Crippen LogP contribution < -0.4 is 0 Å². The molecule has 0 amide bonds. The average Bonchev–Trinajstić information content (AvgIpc) is 3.12. The van der Waals surface area contributed by atoms with Crippen LogP contribution in [0.4, 0.5) is 0 Å². The van der Waals surface area contributed by atoms with Crippen LogP contribution in [0.2, 0.25) is 0 Å². The fourth-order valence-electron chi connectivity index (χ4n) is 3.55. The van der Waals surface area contributed by atoms with Crippen LogP contribution in [-0.4, -0.2) is 17.9 Å². The minimum absolute atomic E-state index is 0. The summed E-state index contributed by atoms with van der Waals surface area (Å²) < 4.78 is 5.40. The van der Waals surface area contributed by atoms with Gasteiger partial charge in [-0.25, -0.2) is 0 Å². The maximum Gasteiger partial charge on any atom is 0.130 e. The van der Waals surface area contributed by atoms with Gasteiger partial charge in [-0.2, -0.15) is 0 Å². The maximum atomic E-state index is 8.34. The molecule has 0 aromatic heterocycles. The Morgan fingerprint density at radius 2 is 2.00 bits per heavy atom. The largest absolute Gasteiger partial charge is 0.465 e. The van der Waals surface area contributed by atoms with Crippen molar-refractivity contribution in [3.05, 3.63) is 48.5 Å². The quantitative estimate of drug-likeness (QED) is 0.498. The van der Waals surface area contributed by atoms with E-state index in [9.17, 15) is 0 Å². The van der Waals surface area contributed by atoms with Crippen molar-refractivity contribution in [2.24, 2.45) is 23.7 Å². The van der Waals surface area contributed by atoms with Crippen LogP contribution in [0.1, 0.15) is 20.8 Å². The van der Waals surface area contributed by atoms with E-state index in [4.69, 9.17) is 15.3 Å². The van der Waals surface area contributed by atoms with Crippen molar-refractivity contribution in [3.8, 4) is 0 Å². The molecule has 4 atom stereocenters. The molecule has 3 nitrogen and oxygen atoms in total. The Balaban J connectivity index is 0.000000961. The minimum atomic E-state index is 0. The summed E-state index contributed by atoms with van der Waals surface area (Å²) in [7, 11) is 1.00. The van der Waals surface area contributed by atoms with Gasteiger partial charge in [0.15, 0.2) is 0 Å². The minimum Gasteiger partial charge on any atom is -0.465 e. The third kappa shape index (κ3) is 3.29. The van der Waals surface area contributed by atoms with Gasteiger partial charge in [-0.3, -0.25) is 0 Å². The van der Waals surface area contributed by atoms with Crippen molar-refractivity contribution in [1.82, 2.24) is 0 Å². The van der Waals surface area contributed by atoms with Crippen LogP contribution in [0, 0.1) is 29.1 Å². The molecule has 117 valence electrons. The zero-order chi connectivity index (χ0) is 14.0. The van der Waals surface area contributed by atoms with E-state index in [-0.39, 0.29) is 27.8 Å². The molecular weight excluding hydrogens is 436 g/mol. The van der Waals surface area contributed by atoms with Crippen LogP contribution in [0.5, 0.6) is 0 Å². The topological polar surface area (TPSA) is 53.3 Å². The van der Waals surface area contributed by atoms with E-state index in [0.29, 0.717) is 23.7 Å². The van der Waals surface area contributed by atoms with Crippen LogP contribution in [0.25, 0.3) is 0 Å². The summed E-state index contributed by atoms with van der Waals surface area (Å²) in [5.41, 5.74) is 1.72. The Bertz CT molecular complexity index is 479. The third-order valence-corrected chi connectivity index (χ3v) is 4.24. The Labute approximate surface area is 141 Å². The second kappa shape index (κ2) is 8.48. The first-order chi connectivity index (χ1) is 9.26. The Kier molecular flexibility index (Phi) is 8.10. The van der Waals surface area contributed by atoms with Crippen molar-refractivity contribution in [2.45, 2.75) is 20.8 Å². The van der Waals surface area contributed by atoms with Crippen LogP contribution in [-0.2, 0) is 25.2 Å². The van der Waals surface area contributed by atoms with E-state index in [2.05, 4.69) is 24.8 Å². The Hall–Kier alpha value is -0.948. The number of fused-ring (bicyclic) bond motifs is 5. The molecule has 3 rings (SSSR count). The second-order valence-corrected chi connectivity index (χ2v) is 4.98. The van der Waals surface area contributed by atoms with Gasteiger partial charge in [0.05, 0.1) is 6.26 Å². The molecule has 21 heavy (non-hydrogen) atoms. The van der Waals surface area contributed by atoms with Crippen LogP contribution >= 0.6 is 0 Å². The number of allylic oxidation sites excluding steroid dienone is 5. The molecule has 0 aromatic carbocycles. The smallest absolute Gasteiger partial charge is 0.130 e. The van der Waals surface area contributed by atoms with Crippen molar-refractivity contribution in [2.75, 3.05) is 7.11 Å². The Morgan fingerprint density at radius 3 is 2.52 bits per heavy atom. The van der Waals surface area contributed by atoms with Gasteiger partial charge in [0.2, 0.25) is 0 Å². The predicted octanol–water partition coefficient (Wildman–Crippen LogP) is 3.69. The summed E-state index contributed by atoms with van der Waals surface area (Å²) in [4.78, 5) is 0. The maximum absolute atomic E-state index is 8.34. The number of aliphatic hydroxyl groups is 1. The molecule has 3 aliphatic carbocycles. The summed E-state index contributed by atoms with van der Waals surface area (Å²) in [6.07, 6.45) is 11.4. The molecule has 4 heteroatoms. The standard InChI is InChI=1S/C15H17NO.CH4O.CH4.Re/c1-3-13(17-4-2)12-8-11-9-5-6-10(7-9)14(11)15(12)16;1-2;;/h3-6,8-11,14,16H,2,7H2,1H3;2H,1H3;1H4;/b13-3-,16-15?;;;. The number of nitrogens with one attached hydrogen (secondary N) is 1. The average molecular weight is 462 g/mol. The number of rotatable bonds is 3. The molecule has 0 aromatic rings. The molecule has 2 bridgehead atoms. The van der Waals surface area contributed by atoms with Gasteiger partial charge in [0, 0.05) is 44.7 Å². The zero-order valence-electron chi connectivity index (χ0n) is 11.8. The van der Waals surface area contributed by atoms with Gasteiger partial charge >= 0.3 is 0 Å². The first-order valence-electron chi connectivity index (χ1n) is 6.64. The molecule has 3 aliphatic rings. The van der Waals surface area contributed by atoms with Crippen molar-refractivity contribution in [3.63, 3.8) is 0 Å². The van der Waals surface area contributed by atoms with Crippen LogP contribution in [0.3, 0.4) is 0 Å². The SMILES string of the molecule is C.C=CO/C(=C\C)C1=CC2C3C=CC(C3)C2C1=N.CO.[Re]. The molecule has 0 heterocycles. The van der Waals surface area contributed by atoms with Crippen molar-refractivity contribution >= 4 is 5.71 Å². The molecule has 0 spiro atoms. The molecular formula is C17H25NO2Re. The molecule has 1 saturated carbocycles. The number of hydrogen-bond donors (Lipinski definition) is 2. The molecule has 0 saturated heterocycles. The first kappa shape index (κ1) is 20.1. The molecule has 4 unspecified atom stereocenters. The molecule has 1 fully saturated rings. The summed E-state index contributed by atoms with van der Waals surface area (Å²) >= 11 is 0. The van der Waals surface area contributed by atoms with Gasteiger partial charge in [-0.05, 0) is 37.2 Å². The number of ether oxygens (including phenoxy) is 1.